The van der Waals surface area contributed by atoms with Crippen LogP contribution in [0.2, 0.25) is 0 Å². The van der Waals surface area contributed by atoms with Crippen LogP contribution < -0.4 is 5.32 Å². The summed E-state index contributed by atoms with van der Waals surface area (Å²) in [5.41, 5.74) is 1.18. The van der Waals surface area contributed by atoms with Gasteiger partial charge >= 0.3 is 5.97 Å². The molecule has 1 amide bonds. The minimum Gasteiger partial charge on any atom is -0.478 e. The van der Waals surface area contributed by atoms with E-state index in [1.54, 1.807) is 23.6 Å². The number of carbonyl (C=O) groups is 2. The lowest BCUT2D eigenvalue weighted by atomic mass is 10.1. The van der Waals surface area contributed by atoms with Gasteiger partial charge in [0, 0.05) is 6.54 Å². The van der Waals surface area contributed by atoms with Crippen LogP contribution in [0.5, 0.6) is 0 Å². The fraction of sp³-hybridized carbons (Fsp3) is 0.308. The molecule has 0 spiro atoms. The highest BCUT2D eigenvalue weighted by Gasteiger charge is 2.20. The lowest BCUT2D eigenvalue weighted by Gasteiger charge is -2.14. The van der Waals surface area contributed by atoms with Crippen molar-refractivity contribution < 1.29 is 14.7 Å². The van der Waals surface area contributed by atoms with E-state index >= 15 is 0 Å². The highest BCUT2D eigenvalue weighted by molar-refractivity contribution is 6.01. The summed E-state index contributed by atoms with van der Waals surface area (Å²) >= 11 is 0. The SMILES string of the molecule is CCNC(=O)C(C)n1cnc2cccc(C(=O)O)c21. The second-order valence-corrected chi connectivity index (χ2v) is 4.20. The summed E-state index contributed by atoms with van der Waals surface area (Å²) < 4.78 is 1.59. The second kappa shape index (κ2) is 5.09. The molecule has 2 rings (SSSR count). The predicted molar refractivity (Wildman–Crippen MR) is 70.1 cm³/mol. The molecule has 0 fully saturated rings. The monoisotopic (exact) mass is 261 g/mol. The first-order valence-electron chi connectivity index (χ1n) is 6.02. The number of nitrogens with one attached hydrogen (secondary N) is 1. The maximum atomic E-state index is 11.9. The van der Waals surface area contributed by atoms with Gasteiger partial charge in [-0.1, -0.05) is 6.07 Å². The van der Waals surface area contributed by atoms with Gasteiger partial charge in [0.25, 0.3) is 0 Å². The summed E-state index contributed by atoms with van der Waals surface area (Å²) in [5, 5.41) is 11.9. The van der Waals surface area contributed by atoms with Crippen molar-refractivity contribution in [2.75, 3.05) is 6.54 Å². The molecule has 6 heteroatoms. The predicted octanol–water partition coefficient (Wildman–Crippen LogP) is 1.43. The van der Waals surface area contributed by atoms with Crippen molar-refractivity contribution in [2.45, 2.75) is 19.9 Å². The van der Waals surface area contributed by atoms with Gasteiger partial charge in [-0.05, 0) is 26.0 Å². The summed E-state index contributed by atoms with van der Waals surface area (Å²) in [6.07, 6.45) is 1.50. The van der Waals surface area contributed by atoms with Gasteiger partial charge in [0.1, 0.15) is 6.04 Å². The van der Waals surface area contributed by atoms with E-state index < -0.39 is 12.0 Å². The Morgan fingerprint density at radius 3 is 2.84 bits per heavy atom. The molecule has 0 aliphatic carbocycles. The van der Waals surface area contributed by atoms with E-state index in [9.17, 15) is 14.7 Å². The minimum absolute atomic E-state index is 0.145. The van der Waals surface area contributed by atoms with Crippen molar-refractivity contribution in [1.29, 1.82) is 0 Å². The molecule has 1 aromatic heterocycles. The molecule has 0 radical (unpaired) electrons. The van der Waals surface area contributed by atoms with Crippen LogP contribution in [0.3, 0.4) is 0 Å². The third-order valence-electron chi connectivity index (χ3n) is 2.97. The average molecular weight is 261 g/mol. The molecule has 0 bridgehead atoms. The van der Waals surface area contributed by atoms with Crippen LogP contribution in [0.1, 0.15) is 30.2 Å². The molecule has 2 N–H and O–H groups in total. The van der Waals surface area contributed by atoms with Gasteiger partial charge in [-0.2, -0.15) is 0 Å². The third kappa shape index (κ3) is 2.29. The number of carboxylic acid groups (broad SMARTS) is 1. The Kier molecular flexibility index (Phi) is 3.50. The van der Waals surface area contributed by atoms with Crippen LogP contribution in [0.15, 0.2) is 24.5 Å². The number of benzene rings is 1. The van der Waals surface area contributed by atoms with E-state index in [2.05, 4.69) is 10.3 Å². The molecule has 2 aromatic rings. The summed E-state index contributed by atoms with van der Waals surface area (Å²) in [6, 6.07) is 4.36. The Hall–Kier alpha value is -2.37. The standard InChI is InChI=1S/C13H15N3O3/c1-3-14-12(17)8(2)16-7-15-10-6-4-5-9(11(10)16)13(18)19/h4-8H,3H2,1-2H3,(H,14,17)(H,18,19). The van der Waals surface area contributed by atoms with Crippen molar-refractivity contribution in [3.63, 3.8) is 0 Å². The highest BCUT2D eigenvalue weighted by Crippen LogP contribution is 2.21. The van der Waals surface area contributed by atoms with Crippen LogP contribution in [0.25, 0.3) is 11.0 Å². The maximum Gasteiger partial charge on any atom is 0.337 e. The van der Waals surface area contributed by atoms with E-state index in [4.69, 9.17) is 0 Å². The first-order chi connectivity index (χ1) is 9.06. The smallest absolute Gasteiger partial charge is 0.337 e. The van der Waals surface area contributed by atoms with Crippen molar-refractivity contribution in [1.82, 2.24) is 14.9 Å². The highest BCUT2D eigenvalue weighted by atomic mass is 16.4. The number of para-hydroxylation sites is 1. The Labute approximate surface area is 110 Å². The molecule has 1 unspecified atom stereocenters. The van der Waals surface area contributed by atoms with E-state index in [0.29, 0.717) is 17.6 Å². The zero-order chi connectivity index (χ0) is 14.0. The van der Waals surface area contributed by atoms with Crippen LogP contribution in [0.4, 0.5) is 0 Å². The molecule has 1 atom stereocenters. The number of hydrogen-bond donors (Lipinski definition) is 2. The fourth-order valence-electron chi connectivity index (χ4n) is 2.00. The number of fused-ring (bicyclic) bond motifs is 1. The fourth-order valence-corrected chi connectivity index (χ4v) is 2.00. The Morgan fingerprint density at radius 2 is 2.21 bits per heavy atom. The lowest BCUT2D eigenvalue weighted by Crippen LogP contribution is -2.30. The van der Waals surface area contributed by atoms with Gasteiger partial charge in [0.2, 0.25) is 5.91 Å². The number of amides is 1. The lowest BCUT2D eigenvalue weighted by molar-refractivity contribution is -0.123. The summed E-state index contributed by atoms with van der Waals surface area (Å²) in [4.78, 5) is 27.2. The summed E-state index contributed by atoms with van der Waals surface area (Å²) in [7, 11) is 0. The number of rotatable bonds is 4. The Balaban J connectivity index is 2.55. The van der Waals surface area contributed by atoms with E-state index in [-0.39, 0.29) is 11.5 Å². The number of likely N-dealkylation sites (N-methyl/N-ethyl adjacent to an activating group) is 1. The zero-order valence-electron chi connectivity index (χ0n) is 10.8. The molecule has 1 heterocycles. The van der Waals surface area contributed by atoms with Crippen molar-refractivity contribution >= 4 is 22.9 Å². The van der Waals surface area contributed by atoms with Gasteiger partial charge in [0.05, 0.1) is 22.9 Å². The maximum absolute atomic E-state index is 11.9. The number of carboxylic acids is 1. The molecule has 6 nitrogen and oxygen atoms in total. The molecular weight excluding hydrogens is 246 g/mol. The third-order valence-corrected chi connectivity index (χ3v) is 2.97. The molecule has 19 heavy (non-hydrogen) atoms. The van der Waals surface area contributed by atoms with Crippen LogP contribution in [-0.2, 0) is 4.79 Å². The Bertz CT molecular complexity index is 633. The molecule has 100 valence electrons. The number of imidazole rings is 1. The number of nitrogens with zero attached hydrogens (tertiary/aromatic N) is 2. The molecule has 0 aliphatic heterocycles. The van der Waals surface area contributed by atoms with Crippen molar-refractivity contribution in [3.8, 4) is 0 Å². The summed E-state index contributed by atoms with van der Waals surface area (Å²) in [6.45, 7) is 4.08. The van der Waals surface area contributed by atoms with E-state index in [1.165, 1.54) is 12.4 Å². The van der Waals surface area contributed by atoms with E-state index in [0.717, 1.165) is 0 Å². The van der Waals surface area contributed by atoms with Gasteiger partial charge in [-0.25, -0.2) is 9.78 Å². The van der Waals surface area contributed by atoms with Gasteiger partial charge in [0.15, 0.2) is 0 Å². The number of aromatic nitrogens is 2. The summed E-state index contributed by atoms with van der Waals surface area (Å²) in [5.74, 6) is -1.20. The van der Waals surface area contributed by atoms with Gasteiger partial charge in [-0.3, -0.25) is 4.79 Å². The molecule has 1 aromatic carbocycles. The zero-order valence-corrected chi connectivity index (χ0v) is 10.8. The second-order valence-electron chi connectivity index (χ2n) is 4.20. The minimum atomic E-state index is -1.03. The van der Waals surface area contributed by atoms with Gasteiger partial charge in [-0.15, -0.1) is 0 Å². The topological polar surface area (TPSA) is 84.2 Å². The number of hydrogen-bond acceptors (Lipinski definition) is 3. The number of carbonyl (C=O) groups excluding carboxylic acids is 1. The largest absolute Gasteiger partial charge is 0.478 e. The quantitative estimate of drug-likeness (QED) is 0.872. The first kappa shape index (κ1) is 13.1. The van der Waals surface area contributed by atoms with Crippen molar-refractivity contribution in [3.05, 3.63) is 30.1 Å². The molecule has 0 saturated heterocycles. The first-order valence-corrected chi connectivity index (χ1v) is 6.02. The molecule has 0 saturated carbocycles. The Morgan fingerprint density at radius 1 is 1.47 bits per heavy atom. The van der Waals surface area contributed by atoms with Gasteiger partial charge < -0.3 is 15.0 Å². The van der Waals surface area contributed by atoms with Crippen LogP contribution in [-0.4, -0.2) is 33.1 Å². The van der Waals surface area contributed by atoms with E-state index in [1.807, 2.05) is 6.92 Å². The van der Waals surface area contributed by atoms with Crippen molar-refractivity contribution in [2.24, 2.45) is 0 Å². The molecular formula is C13H15N3O3. The average Bonchev–Trinajstić information content (AvgIpc) is 2.81. The normalized spacial score (nSPS) is 12.3. The molecule has 0 aliphatic rings. The van der Waals surface area contributed by atoms with Crippen LogP contribution >= 0.6 is 0 Å². The van der Waals surface area contributed by atoms with Crippen LogP contribution in [0, 0.1) is 0 Å². The number of aromatic carboxylic acids is 1.